The number of halogens is 3. The van der Waals surface area contributed by atoms with Crippen LogP contribution in [0.5, 0.6) is 5.75 Å². The molecular formula is C25H30AsF3O4. The van der Waals surface area contributed by atoms with E-state index >= 15 is 0 Å². The predicted molar refractivity (Wildman–Crippen MR) is 123 cm³/mol. The molecule has 2 aromatic rings. The maximum atomic E-state index is 13.3. The summed E-state index contributed by atoms with van der Waals surface area (Å²) in [7, 11) is 0. The summed E-state index contributed by atoms with van der Waals surface area (Å²) in [6.07, 6.45) is 2.40. The first kappa shape index (κ1) is 27.0. The van der Waals surface area contributed by atoms with Crippen LogP contribution in [0.2, 0.25) is 0 Å². The minimum absolute atomic E-state index is 0.0292. The Morgan fingerprint density at radius 2 is 1.55 bits per heavy atom. The maximum absolute atomic E-state index is 13.3. The van der Waals surface area contributed by atoms with Gasteiger partial charge in [0.25, 0.3) is 0 Å². The number of hydrogen-bond donors (Lipinski definition) is 1. The number of carboxylic acid groups (broad SMARTS) is 1. The quantitative estimate of drug-likeness (QED) is 0.187. The van der Waals surface area contributed by atoms with Gasteiger partial charge in [-0.25, -0.2) is 0 Å². The van der Waals surface area contributed by atoms with Crippen molar-refractivity contribution >= 4 is 25.2 Å². The van der Waals surface area contributed by atoms with Crippen molar-refractivity contribution in [3.63, 3.8) is 0 Å². The van der Waals surface area contributed by atoms with Gasteiger partial charge in [0, 0.05) is 0 Å². The van der Waals surface area contributed by atoms with E-state index in [0.29, 0.717) is 12.4 Å². The Bertz CT molecular complexity index is 897. The fourth-order valence-corrected chi connectivity index (χ4v) is 7.67. The number of carbonyl (C=O) groups excluding carboxylic acids is 1. The first-order valence-electron chi connectivity index (χ1n) is 11.1. The summed E-state index contributed by atoms with van der Waals surface area (Å²) in [6, 6.07) is 12.1. The second-order valence-corrected chi connectivity index (χ2v) is 12.3. The molecule has 0 aromatic heterocycles. The Balaban J connectivity index is 2.01. The number of carbonyl (C=O) groups is 2. The van der Waals surface area contributed by atoms with Gasteiger partial charge in [-0.3, -0.25) is 0 Å². The molecule has 1 atom stereocenters. The van der Waals surface area contributed by atoms with Gasteiger partial charge in [-0.15, -0.1) is 0 Å². The van der Waals surface area contributed by atoms with Crippen LogP contribution in [0.3, 0.4) is 0 Å². The average Bonchev–Trinajstić information content (AvgIpc) is 2.78. The van der Waals surface area contributed by atoms with Crippen molar-refractivity contribution in [2.24, 2.45) is 0 Å². The third-order valence-electron chi connectivity index (χ3n) is 5.22. The van der Waals surface area contributed by atoms with Gasteiger partial charge in [-0.05, 0) is 0 Å². The van der Waals surface area contributed by atoms with E-state index in [-0.39, 0.29) is 16.0 Å². The van der Waals surface area contributed by atoms with Crippen molar-refractivity contribution < 1.29 is 32.6 Å². The number of unbranched alkanes of at least 4 members (excludes halogenated alkanes) is 5. The van der Waals surface area contributed by atoms with Crippen molar-refractivity contribution in [1.29, 1.82) is 0 Å². The average molecular weight is 526 g/mol. The molecule has 0 saturated carbocycles. The molecular weight excluding hydrogens is 496 g/mol. The van der Waals surface area contributed by atoms with Gasteiger partial charge >= 0.3 is 184 Å². The van der Waals surface area contributed by atoms with Crippen molar-refractivity contribution in [1.82, 2.24) is 0 Å². The molecule has 2 aromatic carbocycles. The van der Waals surface area contributed by atoms with Crippen LogP contribution in [-0.2, 0) is 26.2 Å². The zero-order chi connectivity index (χ0) is 24.3. The summed E-state index contributed by atoms with van der Waals surface area (Å²) in [4.78, 5) is 23.6. The van der Waals surface area contributed by atoms with Gasteiger partial charge in [-0.1, -0.05) is 13.3 Å². The van der Waals surface area contributed by atoms with E-state index in [4.69, 9.17) is 4.74 Å². The normalized spacial score (nSPS) is 12.4. The summed E-state index contributed by atoms with van der Waals surface area (Å²) in [5.74, 6) is -0.906. The van der Waals surface area contributed by atoms with Crippen molar-refractivity contribution in [2.45, 2.75) is 62.0 Å². The van der Waals surface area contributed by atoms with E-state index < -0.39 is 36.9 Å². The first-order chi connectivity index (χ1) is 15.7. The molecule has 4 nitrogen and oxygen atoms in total. The Kier molecular flexibility index (Phi) is 11.0. The Hall–Kier alpha value is -2.27. The number of rotatable bonds is 14. The van der Waals surface area contributed by atoms with Crippen LogP contribution in [0.15, 0.2) is 48.5 Å². The molecule has 1 unspecified atom stereocenters. The molecule has 8 heteroatoms. The number of aliphatic carboxylic acids is 1. The summed E-state index contributed by atoms with van der Waals surface area (Å²) in [5, 5.41) is 9.22. The third kappa shape index (κ3) is 9.24. The number of alkyl halides is 3. The van der Waals surface area contributed by atoms with Crippen LogP contribution in [0.4, 0.5) is 13.2 Å². The van der Waals surface area contributed by atoms with Gasteiger partial charge in [0.15, 0.2) is 0 Å². The second kappa shape index (κ2) is 13.4. The fourth-order valence-electron chi connectivity index (χ4n) is 3.46. The van der Waals surface area contributed by atoms with Gasteiger partial charge in [0.2, 0.25) is 0 Å². The standard InChI is InChI=1S/C25H30AsF3O4/c1-2-3-4-5-6-9-16-33-21-14-12-19(13-15-21)17-26(23(30)24(31)32)18-20-10-7-8-11-22(20)25(27,28)29/h7-8,10-15H,2-6,9,16-18H2,1H3,(H,31,32). The van der Waals surface area contributed by atoms with E-state index in [9.17, 15) is 27.9 Å². The molecule has 0 radical (unpaired) electrons. The number of carboxylic acids is 1. The Morgan fingerprint density at radius 3 is 2.18 bits per heavy atom. The number of benzene rings is 2. The molecule has 1 N–H and O–H groups in total. The number of ether oxygens (including phenoxy) is 1. The molecule has 0 aliphatic rings. The molecule has 0 bridgehead atoms. The third-order valence-corrected chi connectivity index (χ3v) is 9.91. The number of hydrogen-bond acceptors (Lipinski definition) is 3. The summed E-state index contributed by atoms with van der Waals surface area (Å²) in [6.45, 7) is 2.78. The fraction of sp³-hybridized carbons (Fsp3) is 0.440. The van der Waals surface area contributed by atoms with Gasteiger partial charge in [0.05, 0.1) is 0 Å². The topological polar surface area (TPSA) is 63.6 Å². The van der Waals surface area contributed by atoms with Crippen LogP contribution in [-0.4, -0.2) is 36.9 Å². The van der Waals surface area contributed by atoms with Crippen LogP contribution < -0.4 is 4.74 Å². The van der Waals surface area contributed by atoms with Crippen molar-refractivity contribution in [3.05, 3.63) is 65.2 Å². The predicted octanol–water partition coefficient (Wildman–Crippen LogP) is 6.00. The van der Waals surface area contributed by atoms with Crippen molar-refractivity contribution in [2.75, 3.05) is 6.61 Å². The van der Waals surface area contributed by atoms with E-state index in [1.165, 1.54) is 43.9 Å². The summed E-state index contributed by atoms with van der Waals surface area (Å²) >= 11 is -2.86. The molecule has 180 valence electrons. The van der Waals surface area contributed by atoms with Crippen LogP contribution in [0.25, 0.3) is 0 Å². The molecule has 0 aliphatic heterocycles. The molecule has 0 fully saturated rings. The van der Waals surface area contributed by atoms with E-state index in [1.807, 2.05) is 0 Å². The SMILES string of the molecule is CCCCCCCCOc1ccc(C[As](Cc2ccccc2C(F)(F)F)C(=O)C(=O)O)cc1. The zero-order valence-electron chi connectivity index (χ0n) is 18.7. The van der Waals surface area contributed by atoms with Crippen molar-refractivity contribution in [3.8, 4) is 5.75 Å². The van der Waals surface area contributed by atoms with Gasteiger partial charge < -0.3 is 0 Å². The molecule has 33 heavy (non-hydrogen) atoms. The Labute approximate surface area is 197 Å². The first-order valence-corrected chi connectivity index (χ1v) is 14.7. The minimum atomic E-state index is -4.56. The Morgan fingerprint density at radius 1 is 0.909 bits per heavy atom. The van der Waals surface area contributed by atoms with E-state index in [0.717, 1.165) is 24.5 Å². The molecule has 0 spiro atoms. The van der Waals surface area contributed by atoms with Crippen LogP contribution >= 0.6 is 0 Å². The van der Waals surface area contributed by atoms with Gasteiger partial charge in [0.1, 0.15) is 0 Å². The molecule has 0 heterocycles. The van der Waals surface area contributed by atoms with Crippen LogP contribution in [0.1, 0.15) is 62.1 Å². The zero-order valence-corrected chi connectivity index (χ0v) is 20.6. The molecule has 0 amide bonds. The molecule has 2 rings (SSSR count). The summed E-state index contributed by atoms with van der Waals surface area (Å²) < 4.78 is 44.8. The second-order valence-electron chi connectivity index (χ2n) is 7.88. The van der Waals surface area contributed by atoms with E-state index in [2.05, 4.69) is 6.92 Å². The molecule has 0 saturated heterocycles. The van der Waals surface area contributed by atoms with Crippen LogP contribution in [0, 0.1) is 0 Å². The van der Waals surface area contributed by atoms with Gasteiger partial charge in [-0.2, -0.15) is 0 Å². The van der Waals surface area contributed by atoms with E-state index in [1.54, 1.807) is 24.3 Å². The molecule has 0 aliphatic carbocycles. The summed E-state index contributed by atoms with van der Waals surface area (Å²) in [5.41, 5.74) is -0.125. The monoisotopic (exact) mass is 526 g/mol.